The molecule has 0 spiro atoms. The molecule has 1 heterocycles. The molecule has 2 nitrogen and oxygen atoms in total. The Labute approximate surface area is 189 Å². The second kappa shape index (κ2) is 9.61. The predicted molar refractivity (Wildman–Crippen MR) is 113 cm³/mol. The molecule has 1 saturated heterocycles. The number of aliphatic hydroxyl groups is 1. The number of nitrogens with one attached hydrogen (secondary N) is 1. The van der Waals surface area contributed by atoms with Crippen LogP contribution in [0.1, 0.15) is 54.9 Å². The molecule has 1 fully saturated rings. The van der Waals surface area contributed by atoms with Gasteiger partial charge in [-0.15, -0.1) is 12.4 Å². The van der Waals surface area contributed by atoms with Crippen molar-refractivity contribution in [2.24, 2.45) is 0 Å². The van der Waals surface area contributed by atoms with Crippen LogP contribution in [0.2, 0.25) is 0 Å². The van der Waals surface area contributed by atoms with E-state index < -0.39 is 29.1 Å². The van der Waals surface area contributed by atoms with Crippen molar-refractivity contribution in [3.63, 3.8) is 0 Å². The van der Waals surface area contributed by atoms with Crippen LogP contribution in [-0.4, -0.2) is 18.2 Å². The van der Waals surface area contributed by atoms with E-state index in [4.69, 9.17) is 0 Å². The highest BCUT2D eigenvalue weighted by molar-refractivity contribution is 5.85. The Morgan fingerprint density at radius 3 is 1.78 bits per heavy atom. The van der Waals surface area contributed by atoms with E-state index in [1.165, 1.54) is 6.92 Å². The lowest BCUT2D eigenvalue weighted by Crippen LogP contribution is -2.41. The minimum atomic E-state index is -4.95. The average Bonchev–Trinajstić information content (AvgIpc) is 2.72. The molecule has 178 valence electrons. The lowest BCUT2D eigenvalue weighted by atomic mass is 9.68. The third-order valence-corrected chi connectivity index (χ3v) is 6.25. The third kappa shape index (κ3) is 5.97. The van der Waals surface area contributed by atoms with Crippen LogP contribution >= 0.6 is 12.4 Å². The summed E-state index contributed by atoms with van der Waals surface area (Å²) in [5.74, 6) is 0. The van der Waals surface area contributed by atoms with Gasteiger partial charge in [0.1, 0.15) is 0 Å². The molecule has 0 radical (unpaired) electrons. The standard InChI is InChI=1S/C23H25F6NO.ClH/c1-20(31,17-13-18(22(24,25)26)15-19(14-17)23(27,28)29)7-8-21(9-11-30-12-10-21)16-5-3-2-4-6-16;/h2-6,13-15,30-31H,7-12H2,1H3;1H. The Balaban J connectivity index is 0.00000363. The molecule has 1 unspecified atom stereocenters. The highest BCUT2D eigenvalue weighted by Gasteiger charge is 2.40. The summed E-state index contributed by atoms with van der Waals surface area (Å²) >= 11 is 0. The van der Waals surface area contributed by atoms with Gasteiger partial charge in [0.15, 0.2) is 0 Å². The molecule has 2 aromatic carbocycles. The first-order valence-electron chi connectivity index (χ1n) is 10.1. The van der Waals surface area contributed by atoms with Crippen molar-refractivity contribution < 1.29 is 31.4 Å². The fourth-order valence-corrected chi connectivity index (χ4v) is 4.27. The molecule has 9 heteroatoms. The number of benzene rings is 2. The number of hydrogen-bond donors (Lipinski definition) is 2. The van der Waals surface area contributed by atoms with Gasteiger partial charge in [0.05, 0.1) is 16.7 Å². The molecule has 2 aromatic rings. The first-order chi connectivity index (χ1) is 14.3. The van der Waals surface area contributed by atoms with E-state index in [1.54, 1.807) is 0 Å². The van der Waals surface area contributed by atoms with Crippen molar-refractivity contribution in [1.29, 1.82) is 0 Å². The Hall–Kier alpha value is -1.77. The molecule has 32 heavy (non-hydrogen) atoms. The summed E-state index contributed by atoms with van der Waals surface area (Å²) in [6.45, 7) is 2.78. The summed E-state index contributed by atoms with van der Waals surface area (Å²) in [7, 11) is 0. The Bertz CT molecular complexity index is 857. The van der Waals surface area contributed by atoms with Gasteiger partial charge in [-0.05, 0) is 80.4 Å². The first kappa shape index (κ1) is 26.5. The number of alkyl halides is 6. The van der Waals surface area contributed by atoms with Crippen LogP contribution in [0.3, 0.4) is 0 Å². The summed E-state index contributed by atoms with van der Waals surface area (Å²) in [5.41, 5.74) is -4.31. The Kier molecular flexibility index (Phi) is 7.95. The molecule has 0 bridgehead atoms. The fraction of sp³-hybridized carbons (Fsp3) is 0.478. The van der Waals surface area contributed by atoms with E-state index in [0.29, 0.717) is 18.6 Å². The van der Waals surface area contributed by atoms with Gasteiger partial charge in [-0.1, -0.05) is 30.3 Å². The maximum Gasteiger partial charge on any atom is 0.416 e. The largest absolute Gasteiger partial charge is 0.416 e. The summed E-state index contributed by atoms with van der Waals surface area (Å²) in [6.07, 6.45) is -7.91. The molecule has 1 aliphatic heterocycles. The van der Waals surface area contributed by atoms with Gasteiger partial charge < -0.3 is 10.4 Å². The smallest absolute Gasteiger partial charge is 0.385 e. The van der Waals surface area contributed by atoms with E-state index in [0.717, 1.165) is 31.5 Å². The third-order valence-electron chi connectivity index (χ3n) is 6.25. The summed E-state index contributed by atoms with van der Waals surface area (Å²) in [4.78, 5) is 0. The Morgan fingerprint density at radius 2 is 1.31 bits per heavy atom. The van der Waals surface area contributed by atoms with Crippen molar-refractivity contribution in [1.82, 2.24) is 5.32 Å². The average molecular weight is 482 g/mol. The van der Waals surface area contributed by atoms with Gasteiger partial charge >= 0.3 is 12.4 Å². The monoisotopic (exact) mass is 481 g/mol. The normalized spacial score (nSPS) is 18.5. The van der Waals surface area contributed by atoms with Gasteiger partial charge in [0.25, 0.3) is 0 Å². The van der Waals surface area contributed by atoms with Crippen molar-refractivity contribution in [2.45, 2.75) is 56.0 Å². The van der Waals surface area contributed by atoms with Gasteiger partial charge in [-0.3, -0.25) is 0 Å². The topological polar surface area (TPSA) is 32.3 Å². The molecule has 0 aromatic heterocycles. The SMILES string of the molecule is CC(O)(CCC1(c2ccccc2)CCNCC1)c1cc(C(F)(F)F)cc(C(F)(F)F)c1.Cl. The zero-order valence-corrected chi connectivity index (χ0v) is 18.3. The van der Waals surface area contributed by atoms with E-state index in [2.05, 4.69) is 5.32 Å². The molecular formula is C23H26ClF6NO. The maximum atomic E-state index is 13.2. The quantitative estimate of drug-likeness (QED) is 0.481. The zero-order valence-electron chi connectivity index (χ0n) is 17.5. The lowest BCUT2D eigenvalue weighted by molar-refractivity contribution is -0.143. The molecule has 3 rings (SSSR count). The van der Waals surface area contributed by atoms with Crippen molar-refractivity contribution in [2.75, 3.05) is 13.1 Å². The molecule has 1 atom stereocenters. The number of hydrogen-bond acceptors (Lipinski definition) is 2. The zero-order chi connectivity index (χ0) is 22.9. The van der Waals surface area contributed by atoms with E-state index in [1.807, 2.05) is 30.3 Å². The summed E-state index contributed by atoms with van der Waals surface area (Å²) < 4.78 is 79.4. The van der Waals surface area contributed by atoms with Gasteiger partial charge in [-0.2, -0.15) is 26.3 Å². The second-order valence-corrected chi connectivity index (χ2v) is 8.46. The number of rotatable bonds is 5. The van der Waals surface area contributed by atoms with Gasteiger partial charge in [0, 0.05) is 0 Å². The van der Waals surface area contributed by atoms with Gasteiger partial charge in [-0.25, -0.2) is 0 Å². The minimum Gasteiger partial charge on any atom is -0.385 e. The van der Waals surface area contributed by atoms with Crippen LogP contribution in [0.5, 0.6) is 0 Å². The molecule has 0 amide bonds. The summed E-state index contributed by atoms with van der Waals surface area (Å²) in [6, 6.07) is 11.0. The summed E-state index contributed by atoms with van der Waals surface area (Å²) in [5, 5.41) is 14.3. The van der Waals surface area contributed by atoms with Crippen LogP contribution in [0.25, 0.3) is 0 Å². The molecule has 1 aliphatic rings. The van der Waals surface area contributed by atoms with E-state index >= 15 is 0 Å². The lowest BCUT2D eigenvalue weighted by Gasteiger charge is -2.40. The highest BCUT2D eigenvalue weighted by atomic mass is 35.5. The minimum absolute atomic E-state index is 0. The maximum absolute atomic E-state index is 13.2. The van der Waals surface area contributed by atoms with Gasteiger partial charge in [0.2, 0.25) is 0 Å². The molecule has 2 N–H and O–H groups in total. The van der Waals surface area contributed by atoms with E-state index in [9.17, 15) is 31.4 Å². The molecular weight excluding hydrogens is 456 g/mol. The van der Waals surface area contributed by atoms with E-state index in [-0.39, 0.29) is 35.9 Å². The number of piperidine rings is 1. The van der Waals surface area contributed by atoms with Crippen molar-refractivity contribution in [3.05, 3.63) is 70.8 Å². The predicted octanol–water partition coefficient (Wildman–Crippen LogP) is 6.46. The Morgan fingerprint density at radius 1 is 0.844 bits per heavy atom. The second-order valence-electron chi connectivity index (χ2n) is 8.46. The first-order valence-corrected chi connectivity index (χ1v) is 10.1. The molecule has 0 saturated carbocycles. The number of halogens is 7. The van der Waals surface area contributed by atoms with Crippen molar-refractivity contribution >= 4 is 12.4 Å². The van der Waals surface area contributed by atoms with Crippen molar-refractivity contribution in [3.8, 4) is 0 Å². The van der Waals surface area contributed by atoms with Crippen LogP contribution in [-0.2, 0) is 23.4 Å². The van der Waals surface area contributed by atoms with Crippen LogP contribution in [0, 0.1) is 0 Å². The van der Waals surface area contributed by atoms with Crippen LogP contribution in [0.4, 0.5) is 26.3 Å². The van der Waals surface area contributed by atoms with Crippen LogP contribution in [0.15, 0.2) is 48.5 Å². The van der Waals surface area contributed by atoms with Crippen LogP contribution < -0.4 is 5.32 Å². The highest BCUT2D eigenvalue weighted by Crippen LogP contribution is 2.43. The fourth-order valence-electron chi connectivity index (χ4n) is 4.27. The molecule has 0 aliphatic carbocycles.